The maximum absolute atomic E-state index is 12.5. The number of hydrogen-bond acceptors (Lipinski definition) is 4. The highest BCUT2D eigenvalue weighted by molar-refractivity contribution is 7.89. The van der Waals surface area contributed by atoms with Crippen LogP contribution in [0.15, 0.2) is 29.2 Å². The van der Waals surface area contributed by atoms with E-state index in [4.69, 9.17) is 0 Å². The van der Waals surface area contributed by atoms with Crippen LogP contribution in [0, 0.1) is 11.8 Å². The molecule has 1 N–H and O–H groups in total. The first kappa shape index (κ1) is 14.5. The van der Waals surface area contributed by atoms with Crippen LogP contribution in [0.5, 0.6) is 0 Å². The Morgan fingerprint density at radius 1 is 1.29 bits per heavy atom. The molecule has 1 aromatic rings. The van der Waals surface area contributed by atoms with E-state index in [0.717, 1.165) is 19.3 Å². The van der Waals surface area contributed by atoms with Crippen molar-refractivity contribution in [2.24, 2.45) is 11.8 Å². The minimum Gasteiger partial charge on any atom is -0.465 e. The molecule has 0 radical (unpaired) electrons. The molecule has 3 atom stereocenters. The van der Waals surface area contributed by atoms with Gasteiger partial charge in [0.05, 0.1) is 17.6 Å². The molecule has 3 rings (SSSR count). The molecule has 2 saturated carbocycles. The van der Waals surface area contributed by atoms with E-state index in [9.17, 15) is 13.2 Å². The molecule has 2 fully saturated rings. The van der Waals surface area contributed by atoms with Gasteiger partial charge in [-0.1, -0.05) is 12.5 Å². The van der Waals surface area contributed by atoms with Gasteiger partial charge in [-0.15, -0.1) is 0 Å². The molecule has 0 heterocycles. The Morgan fingerprint density at radius 3 is 2.71 bits per heavy atom. The summed E-state index contributed by atoms with van der Waals surface area (Å²) >= 11 is 0. The van der Waals surface area contributed by atoms with Crippen LogP contribution in [0.25, 0.3) is 0 Å². The number of hydrogen-bond donors (Lipinski definition) is 1. The molecule has 5 nitrogen and oxygen atoms in total. The summed E-state index contributed by atoms with van der Waals surface area (Å²) in [6, 6.07) is 6.00. The highest BCUT2D eigenvalue weighted by Crippen LogP contribution is 2.44. The summed E-state index contributed by atoms with van der Waals surface area (Å²) in [4.78, 5) is 11.6. The average Bonchev–Trinajstić information content (AvgIpc) is 3.08. The molecule has 2 aliphatic rings. The minimum atomic E-state index is -3.59. The van der Waals surface area contributed by atoms with Crippen molar-refractivity contribution in [1.82, 2.24) is 4.72 Å². The van der Waals surface area contributed by atoms with Crippen LogP contribution in [-0.2, 0) is 14.8 Å². The molecular formula is C15H19NO4S. The quantitative estimate of drug-likeness (QED) is 0.863. The van der Waals surface area contributed by atoms with Gasteiger partial charge in [-0.2, -0.15) is 0 Å². The fraction of sp³-hybridized carbons (Fsp3) is 0.533. The fourth-order valence-corrected chi connectivity index (χ4v) is 4.93. The van der Waals surface area contributed by atoms with Gasteiger partial charge in [-0.05, 0) is 49.3 Å². The monoisotopic (exact) mass is 309 g/mol. The highest BCUT2D eigenvalue weighted by atomic mass is 32.2. The van der Waals surface area contributed by atoms with E-state index >= 15 is 0 Å². The van der Waals surface area contributed by atoms with Crippen molar-refractivity contribution >= 4 is 16.0 Å². The predicted octanol–water partition coefficient (Wildman–Crippen LogP) is 1.94. The Morgan fingerprint density at radius 2 is 2.10 bits per heavy atom. The zero-order chi connectivity index (χ0) is 15.0. The Bertz CT molecular complexity index is 655. The second-order valence-electron chi connectivity index (χ2n) is 5.92. The highest BCUT2D eigenvalue weighted by Gasteiger charge is 2.41. The number of esters is 1. The molecule has 21 heavy (non-hydrogen) atoms. The van der Waals surface area contributed by atoms with E-state index in [0.29, 0.717) is 11.8 Å². The number of benzene rings is 1. The van der Waals surface area contributed by atoms with Gasteiger partial charge in [-0.25, -0.2) is 17.9 Å². The lowest BCUT2D eigenvalue weighted by atomic mass is 9.96. The zero-order valence-corrected chi connectivity index (χ0v) is 12.7. The lowest BCUT2D eigenvalue weighted by Gasteiger charge is -2.22. The van der Waals surface area contributed by atoms with Crippen LogP contribution in [0.4, 0.5) is 0 Å². The van der Waals surface area contributed by atoms with Crippen LogP contribution in [0.3, 0.4) is 0 Å². The number of fused-ring (bicyclic) bond motifs is 2. The summed E-state index contributed by atoms with van der Waals surface area (Å²) in [7, 11) is -2.31. The van der Waals surface area contributed by atoms with E-state index in [1.54, 1.807) is 12.1 Å². The van der Waals surface area contributed by atoms with Crippen LogP contribution < -0.4 is 4.72 Å². The van der Waals surface area contributed by atoms with Crippen molar-refractivity contribution in [3.8, 4) is 0 Å². The summed E-state index contributed by atoms with van der Waals surface area (Å²) < 4.78 is 32.4. The summed E-state index contributed by atoms with van der Waals surface area (Å²) in [5.41, 5.74) is 0.244. The Hall–Kier alpha value is -1.40. The maximum Gasteiger partial charge on any atom is 0.337 e. The van der Waals surface area contributed by atoms with Gasteiger partial charge in [0.25, 0.3) is 0 Å². The molecule has 0 aromatic heterocycles. The van der Waals surface area contributed by atoms with Crippen LogP contribution in [0.1, 0.15) is 36.0 Å². The van der Waals surface area contributed by atoms with Crippen LogP contribution in [-0.4, -0.2) is 27.5 Å². The summed E-state index contributed by atoms with van der Waals surface area (Å²) in [6.45, 7) is 0. The topological polar surface area (TPSA) is 72.5 Å². The number of rotatable bonds is 4. The van der Waals surface area contributed by atoms with E-state index in [1.165, 1.54) is 25.7 Å². The predicted molar refractivity (Wildman–Crippen MR) is 77.3 cm³/mol. The van der Waals surface area contributed by atoms with Crippen molar-refractivity contribution in [1.29, 1.82) is 0 Å². The van der Waals surface area contributed by atoms with Gasteiger partial charge in [0, 0.05) is 6.04 Å². The zero-order valence-electron chi connectivity index (χ0n) is 11.9. The summed E-state index contributed by atoms with van der Waals surface area (Å²) in [5.74, 6) is 0.602. The lowest BCUT2D eigenvalue weighted by molar-refractivity contribution is 0.0600. The van der Waals surface area contributed by atoms with E-state index in [2.05, 4.69) is 9.46 Å². The second-order valence-corrected chi connectivity index (χ2v) is 7.64. The Balaban J connectivity index is 1.80. The van der Waals surface area contributed by atoms with Crippen molar-refractivity contribution < 1.29 is 17.9 Å². The van der Waals surface area contributed by atoms with Gasteiger partial charge < -0.3 is 4.74 Å². The van der Waals surface area contributed by atoms with Gasteiger partial charge in [0.1, 0.15) is 0 Å². The van der Waals surface area contributed by atoms with Crippen molar-refractivity contribution in [2.45, 2.75) is 36.6 Å². The second kappa shape index (κ2) is 5.42. The molecule has 6 heteroatoms. The Kier molecular flexibility index (Phi) is 3.75. The average molecular weight is 309 g/mol. The number of methoxy groups -OCH3 is 1. The summed E-state index contributed by atoms with van der Waals surface area (Å²) in [6.07, 6.45) is 4.40. The molecular weight excluding hydrogens is 290 g/mol. The van der Waals surface area contributed by atoms with Gasteiger partial charge in [0.15, 0.2) is 0 Å². The molecule has 0 saturated heterocycles. The number of sulfonamides is 1. The molecule has 1 aromatic carbocycles. The minimum absolute atomic E-state index is 0.0375. The maximum atomic E-state index is 12.5. The number of carbonyl (C=O) groups excluding carboxylic acids is 1. The number of carbonyl (C=O) groups is 1. The van der Waals surface area contributed by atoms with Crippen molar-refractivity contribution in [2.75, 3.05) is 7.11 Å². The third kappa shape index (κ3) is 2.82. The van der Waals surface area contributed by atoms with Crippen molar-refractivity contribution in [3.05, 3.63) is 29.8 Å². The molecule has 0 aliphatic heterocycles. The van der Waals surface area contributed by atoms with Gasteiger partial charge in [-0.3, -0.25) is 0 Å². The van der Waals surface area contributed by atoms with E-state index < -0.39 is 16.0 Å². The molecule has 0 spiro atoms. The largest absolute Gasteiger partial charge is 0.465 e. The molecule has 2 aliphatic carbocycles. The van der Waals surface area contributed by atoms with Gasteiger partial charge >= 0.3 is 5.97 Å². The smallest absolute Gasteiger partial charge is 0.337 e. The number of nitrogens with one attached hydrogen (secondary N) is 1. The first-order valence-corrected chi connectivity index (χ1v) is 8.68. The first-order chi connectivity index (χ1) is 9.99. The first-order valence-electron chi connectivity index (χ1n) is 7.20. The van der Waals surface area contributed by atoms with Crippen LogP contribution >= 0.6 is 0 Å². The summed E-state index contributed by atoms with van der Waals surface area (Å²) in [5, 5.41) is 0. The van der Waals surface area contributed by atoms with Crippen LogP contribution in [0.2, 0.25) is 0 Å². The van der Waals surface area contributed by atoms with Gasteiger partial charge in [0.2, 0.25) is 10.0 Å². The van der Waals surface area contributed by atoms with E-state index in [-0.39, 0.29) is 16.5 Å². The molecule has 0 unspecified atom stereocenters. The fourth-order valence-electron chi connectivity index (χ4n) is 3.56. The molecule has 0 amide bonds. The van der Waals surface area contributed by atoms with Crippen molar-refractivity contribution in [3.63, 3.8) is 0 Å². The van der Waals surface area contributed by atoms with E-state index in [1.807, 2.05) is 0 Å². The third-order valence-electron chi connectivity index (χ3n) is 4.61. The number of ether oxygens (including phenoxy) is 1. The SMILES string of the molecule is COC(=O)c1cccc(S(=O)(=O)N[C@@H]2C[C@@H]3CC[C@@H]2C3)c1. The normalized spacial score (nSPS) is 27.8. The molecule has 2 bridgehead atoms. The Labute approximate surface area is 124 Å². The standard InChI is InChI=1S/C15H19NO4S/c1-20-15(17)12-3-2-4-13(9-12)21(18,19)16-14-8-10-5-6-11(14)7-10/h2-4,9-11,14,16H,5-8H2,1H3/t10-,11-,14-/m1/s1. The molecule has 114 valence electrons. The third-order valence-corrected chi connectivity index (χ3v) is 6.10. The lowest BCUT2D eigenvalue weighted by Crippen LogP contribution is -2.38.